The summed E-state index contributed by atoms with van der Waals surface area (Å²) in [5.74, 6) is 1.54. The van der Waals surface area contributed by atoms with Gasteiger partial charge in [0.2, 0.25) is 0 Å². The largest absolute Gasteiger partial charge is 0.497 e. The van der Waals surface area contributed by atoms with Gasteiger partial charge in [-0.1, -0.05) is 18.2 Å². The molecular formula is C20H20N4O3. The summed E-state index contributed by atoms with van der Waals surface area (Å²) < 4.78 is 10.6. The fourth-order valence-electron chi connectivity index (χ4n) is 2.52. The molecule has 0 spiro atoms. The zero-order valence-electron chi connectivity index (χ0n) is 15.3. The zero-order valence-corrected chi connectivity index (χ0v) is 15.3. The fraction of sp³-hybridized carbons (Fsp3) is 0.150. The number of methoxy groups -OCH3 is 2. The van der Waals surface area contributed by atoms with Gasteiger partial charge in [-0.25, -0.2) is 9.97 Å². The summed E-state index contributed by atoms with van der Waals surface area (Å²) in [6.07, 6.45) is 1.35. The molecule has 1 heterocycles. The summed E-state index contributed by atoms with van der Waals surface area (Å²) in [4.78, 5) is 22.6. The summed E-state index contributed by atoms with van der Waals surface area (Å²) in [6, 6.07) is 16.4. The number of hydrogen-bond donors (Lipinski definition) is 1. The van der Waals surface area contributed by atoms with Crippen LogP contribution in [0.5, 0.6) is 11.5 Å². The van der Waals surface area contributed by atoms with E-state index in [-0.39, 0.29) is 11.6 Å². The Hall–Kier alpha value is -3.61. The summed E-state index contributed by atoms with van der Waals surface area (Å²) in [5.41, 5.74) is 1.77. The van der Waals surface area contributed by atoms with Gasteiger partial charge in [-0.3, -0.25) is 4.79 Å². The van der Waals surface area contributed by atoms with Gasteiger partial charge in [0.15, 0.2) is 0 Å². The highest BCUT2D eigenvalue weighted by Crippen LogP contribution is 2.31. The van der Waals surface area contributed by atoms with E-state index in [1.807, 2.05) is 36.4 Å². The Labute approximate surface area is 157 Å². The molecule has 0 saturated carbocycles. The lowest BCUT2D eigenvalue weighted by atomic mass is 10.2. The monoisotopic (exact) mass is 364 g/mol. The maximum atomic E-state index is 12.7. The highest BCUT2D eigenvalue weighted by Gasteiger charge is 2.16. The van der Waals surface area contributed by atoms with E-state index in [1.165, 1.54) is 6.33 Å². The third-order valence-electron chi connectivity index (χ3n) is 4.01. The minimum atomic E-state index is -0.228. The predicted octanol–water partition coefficient (Wildman–Crippen LogP) is 3.51. The quantitative estimate of drug-likeness (QED) is 0.721. The van der Waals surface area contributed by atoms with Crippen LogP contribution in [-0.2, 0) is 0 Å². The molecule has 0 unspecified atom stereocenters. The minimum Gasteiger partial charge on any atom is -0.497 e. The molecule has 0 aliphatic carbocycles. The number of aromatic nitrogens is 2. The lowest BCUT2D eigenvalue weighted by molar-refractivity contribution is 0.0988. The van der Waals surface area contributed by atoms with Crippen molar-refractivity contribution >= 4 is 23.1 Å². The SMILES string of the molecule is COc1ccc(Nc2cc(C(=O)N(C)c3ccccc3)ncn2)c(OC)c1. The van der Waals surface area contributed by atoms with Gasteiger partial charge in [0.1, 0.15) is 29.3 Å². The number of nitrogens with one attached hydrogen (secondary N) is 1. The first-order chi connectivity index (χ1) is 13.1. The Bertz CT molecular complexity index is 932. The second-order valence-electron chi connectivity index (χ2n) is 5.68. The number of amides is 1. The lowest BCUT2D eigenvalue weighted by Crippen LogP contribution is -2.27. The van der Waals surface area contributed by atoms with Gasteiger partial charge in [0.05, 0.1) is 19.9 Å². The van der Waals surface area contributed by atoms with E-state index in [2.05, 4.69) is 15.3 Å². The maximum Gasteiger partial charge on any atom is 0.276 e. The molecular weight excluding hydrogens is 344 g/mol. The predicted molar refractivity (Wildman–Crippen MR) is 104 cm³/mol. The number of carbonyl (C=O) groups is 1. The number of rotatable bonds is 6. The van der Waals surface area contributed by atoms with Crippen LogP contribution in [-0.4, -0.2) is 37.1 Å². The van der Waals surface area contributed by atoms with Crippen LogP contribution < -0.4 is 19.7 Å². The molecule has 0 bridgehead atoms. The Kier molecular flexibility index (Phi) is 5.51. The average Bonchev–Trinajstić information content (AvgIpc) is 2.73. The Morgan fingerprint density at radius 3 is 2.48 bits per heavy atom. The average molecular weight is 364 g/mol. The van der Waals surface area contributed by atoms with Crippen molar-refractivity contribution in [1.82, 2.24) is 9.97 Å². The number of para-hydroxylation sites is 1. The Balaban J connectivity index is 1.83. The van der Waals surface area contributed by atoms with E-state index in [0.717, 1.165) is 5.69 Å². The minimum absolute atomic E-state index is 0.228. The molecule has 0 saturated heterocycles. The van der Waals surface area contributed by atoms with E-state index in [4.69, 9.17) is 9.47 Å². The lowest BCUT2D eigenvalue weighted by Gasteiger charge is -2.17. The third kappa shape index (κ3) is 4.14. The summed E-state index contributed by atoms with van der Waals surface area (Å²) in [7, 11) is 4.87. The van der Waals surface area contributed by atoms with Gasteiger partial charge < -0.3 is 19.7 Å². The smallest absolute Gasteiger partial charge is 0.276 e. The highest BCUT2D eigenvalue weighted by molar-refractivity contribution is 6.04. The van der Waals surface area contributed by atoms with Crippen LogP contribution in [0.2, 0.25) is 0 Å². The van der Waals surface area contributed by atoms with E-state index >= 15 is 0 Å². The molecule has 0 atom stereocenters. The van der Waals surface area contributed by atoms with Gasteiger partial charge in [-0.15, -0.1) is 0 Å². The fourth-order valence-corrected chi connectivity index (χ4v) is 2.52. The normalized spacial score (nSPS) is 10.2. The van der Waals surface area contributed by atoms with Crippen LogP contribution in [0.25, 0.3) is 0 Å². The van der Waals surface area contributed by atoms with Crippen molar-refractivity contribution in [2.24, 2.45) is 0 Å². The van der Waals surface area contributed by atoms with Crippen LogP contribution >= 0.6 is 0 Å². The zero-order chi connectivity index (χ0) is 19.2. The first kappa shape index (κ1) is 18.2. The van der Waals surface area contributed by atoms with Gasteiger partial charge >= 0.3 is 0 Å². The van der Waals surface area contributed by atoms with Crippen LogP contribution in [0.3, 0.4) is 0 Å². The molecule has 27 heavy (non-hydrogen) atoms. The first-order valence-corrected chi connectivity index (χ1v) is 8.26. The van der Waals surface area contributed by atoms with Gasteiger partial charge in [-0.05, 0) is 24.3 Å². The molecule has 3 aromatic rings. The molecule has 2 aromatic carbocycles. The van der Waals surface area contributed by atoms with Crippen LogP contribution in [0.15, 0.2) is 60.9 Å². The van der Waals surface area contributed by atoms with E-state index in [1.54, 1.807) is 44.4 Å². The van der Waals surface area contributed by atoms with E-state index in [0.29, 0.717) is 23.0 Å². The first-order valence-electron chi connectivity index (χ1n) is 8.26. The number of carbonyl (C=O) groups excluding carboxylic acids is 1. The molecule has 0 aliphatic rings. The second kappa shape index (κ2) is 8.18. The highest BCUT2D eigenvalue weighted by atomic mass is 16.5. The van der Waals surface area contributed by atoms with E-state index < -0.39 is 0 Å². The number of anilines is 3. The van der Waals surface area contributed by atoms with E-state index in [9.17, 15) is 4.79 Å². The van der Waals surface area contributed by atoms with Crippen molar-refractivity contribution in [3.63, 3.8) is 0 Å². The second-order valence-corrected chi connectivity index (χ2v) is 5.68. The van der Waals surface area contributed by atoms with Crippen LogP contribution in [0.1, 0.15) is 10.5 Å². The third-order valence-corrected chi connectivity index (χ3v) is 4.01. The van der Waals surface area contributed by atoms with Crippen LogP contribution in [0.4, 0.5) is 17.2 Å². The Morgan fingerprint density at radius 1 is 1.00 bits per heavy atom. The molecule has 138 valence electrons. The van der Waals surface area contributed by atoms with Crippen molar-refractivity contribution < 1.29 is 14.3 Å². The van der Waals surface area contributed by atoms with Crippen LogP contribution in [0, 0.1) is 0 Å². The number of ether oxygens (including phenoxy) is 2. The topological polar surface area (TPSA) is 76.6 Å². The molecule has 0 radical (unpaired) electrons. The molecule has 1 amide bonds. The molecule has 7 nitrogen and oxygen atoms in total. The van der Waals surface area contributed by atoms with Crippen molar-refractivity contribution in [3.05, 3.63) is 66.6 Å². The van der Waals surface area contributed by atoms with Crippen molar-refractivity contribution in [1.29, 1.82) is 0 Å². The maximum absolute atomic E-state index is 12.7. The van der Waals surface area contributed by atoms with Gasteiger partial charge in [0, 0.05) is 24.9 Å². The van der Waals surface area contributed by atoms with Gasteiger partial charge in [0.25, 0.3) is 5.91 Å². The summed E-state index contributed by atoms with van der Waals surface area (Å²) in [6.45, 7) is 0. The van der Waals surface area contributed by atoms with Crippen molar-refractivity contribution in [2.45, 2.75) is 0 Å². The Morgan fingerprint density at radius 2 is 1.78 bits per heavy atom. The molecule has 7 heteroatoms. The van der Waals surface area contributed by atoms with Gasteiger partial charge in [-0.2, -0.15) is 0 Å². The molecule has 0 aliphatic heterocycles. The number of benzene rings is 2. The molecule has 1 N–H and O–H groups in total. The summed E-state index contributed by atoms with van der Waals surface area (Å²) >= 11 is 0. The van der Waals surface area contributed by atoms with Crippen molar-refractivity contribution in [2.75, 3.05) is 31.5 Å². The van der Waals surface area contributed by atoms with Crippen molar-refractivity contribution in [3.8, 4) is 11.5 Å². The standard InChI is InChI=1S/C20H20N4O3/c1-24(14-7-5-4-6-8-14)20(25)17-12-19(22-13-21-17)23-16-10-9-15(26-2)11-18(16)27-3/h4-13H,1-3H3,(H,21,22,23). The summed E-state index contributed by atoms with van der Waals surface area (Å²) in [5, 5.41) is 3.15. The molecule has 1 aromatic heterocycles. The number of nitrogens with zero attached hydrogens (tertiary/aromatic N) is 3. The molecule has 0 fully saturated rings. The number of hydrogen-bond acceptors (Lipinski definition) is 6. The molecule has 3 rings (SSSR count).